The topological polar surface area (TPSA) is 29.9 Å². The molecule has 0 aromatic carbocycles. The minimum absolute atomic E-state index is 0.510. The van der Waals surface area contributed by atoms with E-state index in [2.05, 4.69) is 55.1 Å². The van der Waals surface area contributed by atoms with Crippen molar-refractivity contribution >= 4 is 0 Å². The number of hydrogen-bond donors (Lipinski definition) is 1. The van der Waals surface area contributed by atoms with Crippen molar-refractivity contribution < 1.29 is 0 Å². The lowest BCUT2D eigenvalue weighted by molar-refractivity contribution is 0.428. The van der Waals surface area contributed by atoms with Crippen LogP contribution >= 0.6 is 0 Å². The van der Waals surface area contributed by atoms with Crippen LogP contribution in [0.3, 0.4) is 0 Å². The van der Waals surface area contributed by atoms with E-state index in [9.17, 15) is 0 Å². The van der Waals surface area contributed by atoms with Crippen molar-refractivity contribution in [3.05, 3.63) is 18.0 Å². The molecule has 0 radical (unpaired) electrons. The molecule has 0 spiro atoms. The first-order valence-corrected chi connectivity index (χ1v) is 6.78. The second-order valence-corrected chi connectivity index (χ2v) is 5.28. The van der Waals surface area contributed by atoms with E-state index >= 15 is 0 Å². The average molecular weight is 237 g/mol. The van der Waals surface area contributed by atoms with Crippen molar-refractivity contribution in [2.24, 2.45) is 5.92 Å². The van der Waals surface area contributed by atoms with E-state index in [0.29, 0.717) is 18.0 Å². The maximum absolute atomic E-state index is 4.65. The van der Waals surface area contributed by atoms with Gasteiger partial charge in [0.1, 0.15) is 0 Å². The van der Waals surface area contributed by atoms with Crippen LogP contribution in [0.4, 0.5) is 0 Å². The van der Waals surface area contributed by atoms with Crippen LogP contribution in [0, 0.1) is 5.92 Å². The molecule has 0 aliphatic carbocycles. The van der Waals surface area contributed by atoms with Gasteiger partial charge in [-0.1, -0.05) is 13.8 Å². The standard InChI is InChI=1S/C14H27N3/c1-6-13(4)17-8-7-14(16-17)10-11(2)9-12(3)15-5/h7-8,11-13,15H,6,9-10H2,1-5H3. The van der Waals surface area contributed by atoms with Gasteiger partial charge in [0.05, 0.1) is 5.69 Å². The number of aromatic nitrogens is 2. The van der Waals surface area contributed by atoms with Crippen molar-refractivity contribution in [2.75, 3.05) is 7.05 Å². The SMILES string of the molecule is CCC(C)n1ccc(CC(C)CC(C)NC)n1. The van der Waals surface area contributed by atoms with Gasteiger partial charge in [0.25, 0.3) is 0 Å². The second-order valence-electron chi connectivity index (χ2n) is 5.28. The molecule has 17 heavy (non-hydrogen) atoms. The predicted molar refractivity (Wildman–Crippen MR) is 73.2 cm³/mol. The van der Waals surface area contributed by atoms with Crippen LogP contribution in [-0.4, -0.2) is 22.9 Å². The van der Waals surface area contributed by atoms with E-state index in [0.717, 1.165) is 12.8 Å². The lowest BCUT2D eigenvalue weighted by atomic mass is 9.98. The summed E-state index contributed by atoms with van der Waals surface area (Å²) in [6, 6.07) is 3.25. The maximum atomic E-state index is 4.65. The van der Waals surface area contributed by atoms with Crippen molar-refractivity contribution in [3.8, 4) is 0 Å². The molecule has 0 aliphatic rings. The smallest absolute Gasteiger partial charge is 0.0627 e. The highest BCUT2D eigenvalue weighted by atomic mass is 15.3. The summed E-state index contributed by atoms with van der Waals surface area (Å²) in [6.07, 6.45) is 5.52. The van der Waals surface area contributed by atoms with Gasteiger partial charge in [-0.3, -0.25) is 4.68 Å². The van der Waals surface area contributed by atoms with Crippen molar-refractivity contribution in [1.82, 2.24) is 15.1 Å². The summed E-state index contributed by atoms with van der Waals surface area (Å²) >= 11 is 0. The number of nitrogens with zero attached hydrogens (tertiary/aromatic N) is 2. The van der Waals surface area contributed by atoms with Crippen LogP contribution < -0.4 is 5.32 Å². The number of hydrogen-bond acceptors (Lipinski definition) is 2. The Labute approximate surface area is 106 Å². The molecule has 3 atom stereocenters. The van der Waals surface area contributed by atoms with Gasteiger partial charge in [0, 0.05) is 18.3 Å². The molecule has 0 bridgehead atoms. The Morgan fingerprint density at radius 3 is 2.65 bits per heavy atom. The Morgan fingerprint density at radius 1 is 1.35 bits per heavy atom. The highest BCUT2D eigenvalue weighted by Gasteiger charge is 2.11. The summed E-state index contributed by atoms with van der Waals surface area (Å²) in [5.41, 5.74) is 1.22. The summed E-state index contributed by atoms with van der Waals surface area (Å²) in [6.45, 7) is 8.94. The molecule has 0 fully saturated rings. The first kappa shape index (κ1) is 14.2. The molecule has 0 amide bonds. The van der Waals surface area contributed by atoms with E-state index < -0.39 is 0 Å². The highest BCUT2D eigenvalue weighted by Crippen LogP contribution is 2.14. The Hall–Kier alpha value is -0.830. The summed E-state index contributed by atoms with van der Waals surface area (Å²) < 4.78 is 2.09. The Kier molecular flexibility index (Phi) is 5.69. The van der Waals surface area contributed by atoms with E-state index in [4.69, 9.17) is 0 Å². The largest absolute Gasteiger partial charge is 0.317 e. The average Bonchev–Trinajstić information content (AvgIpc) is 2.76. The quantitative estimate of drug-likeness (QED) is 0.790. The molecule has 3 heteroatoms. The van der Waals surface area contributed by atoms with E-state index in [1.807, 2.05) is 7.05 Å². The molecule has 1 rings (SSSR count). The van der Waals surface area contributed by atoms with Gasteiger partial charge >= 0.3 is 0 Å². The summed E-state index contributed by atoms with van der Waals surface area (Å²) in [7, 11) is 2.02. The van der Waals surface area contributed by atoms with Gasteiger partial charge < -0.3 is 5.32 Å². The van der Waals surface area contributed by atoms with Crippen LogP contribution in [0.5, 0.6) is 0 Å². The zero-order valence-electron chi connectivity index (χ0n) is 11.9. The van der Waals surface area contributed by atoms with Gasteiger partial charge in [0.2, 0.25) is 0 Å². The minimum Gasteiger partial charge on any atom is -0.317 e. The Balaban J connectivity index is 2.48. The summed E-state index contributed by atoms with van der Waals surface area (Å²) in [5, 5.41) is 7.94. The van der Waals surface area contributed by atoms with Crippen LogP contribution in [0.25, 0.3) is 0 Å². The Morgan fingerprint density at radius 2 is 2.06 bits per heavy atom. The fraction of sp³-hybridized carbons (Fsp3) is 0.786. The van der Waals surface area contributed by atoms with E-state index in [-0.39, 0.29) is 0 Å². The molecule has 1 N–H and O–H groups in total. The first-order valence-electron chi connectivity index (χ1n) is 6.78. The van der Waals surface area contributed by atoms with Crippen LogP contribution in [0.15, 0.2) is 12.3 Å². The third kappa shape index (κ3) is 4.50. The predicted octanol–water partition coefficient (Wildman–Crippen LogP) is 3.03. The van der Waals surface area contributed by atoms with Gasteiger partial charge in [-0.15, -0.1) is 0 Å². The molecule has 1 heterocycles. The summed E-state index contributed by atoms with van der Waals surface area (Å²) in [4.78, 5) is 0. The van der Waals surface area contributed by atoms with Crippen molar-refractivity contribution in [1.29, 1.82) is 0 Å². The van der Waals surface area contributed by atoms with Crippen molar-refractivity contribution in [2.45, 2.75) is 59.0 Å². The van der Waals surface area contributed by atoms with Gasteiger partial charge in [0.15, 0.2) is 0 Å². The lowest BCUT2D eigenvalue weighted by Crippen LogP contribution is -2.24. The molecular weight excluding hydrogens is 210 g/mol. The number of nitrogens with one attached hydrogen (secondary N) is 1. The fourth-order valence-corrected chi connectivity index (χ4v) is 2.08. The van der Waals surface area contributed by atoms with Crippen LogP contribution in [0.1, 0.15) is 52.3 Å². The van der Waals surface area contributed by atoms with Crippen molar-refractivity contribution in [3.63, 3.8) is 0 Å². The third-order valence-corrected chi connectivity index (χ3v) is 3.51. The molecule has 0 aliphatic heterocycles. The normalized spacial score (nSPS) is 16.8. The molecule has 0 saturated carbocycles. The number of rotatable bonds is 7. The van der Waals surface area contributed by atoms with Crippen LogP contribution in [0.2, 0.25) is 0 Å². The third-order valence-electron chi connectivity index (χ3n) is 3.51. The zero-order chi connectivity index (χ0) is 12.8. The monoisotopic (exact) mass is 237 g/mol. The molecule has 3 nitrogen and oxygen atoms in total. The first-order chi connectivity index (χ1) is 8.06. The van der Waals surface area contributed by atoms with E-state index in [1.165, 1.54) is 12.1 Å². The molecule has 98 valence electrons. The molecular formula is C14H27N3. The van der Waals surface area contributed by atoms with Crippen LogP contribution in [-0.2, 0) is 6.42 Å². The molecule has 1 aromatic rings. The fourth-order valence-electron chi connectivity index (χ4n) is 2.08. The van der Waals surface area contributed by atoms with Gasteiger partial charge in [-0.25, -0.2) is 0 Å². The van der Waals surface area contributed by atoms with Gasteiger partial charge in [-0.2, -0.15) is 5.10 Å². The molecule has 3 unspecified atom stereocenters. The minimum atomic E-state index is 0.510. The zero-order valence-corrected chi connectivity index (χ0v) is 11.9. The maximum Gasteiger partial charge on any atom is 0.0627 e. The second kappa shape index (κ2) is 6.80. The lowest BCUT2D eigenvalue weighted by Gasteiger charge is -2.15. The van der Waals surface area contributed by atoms with Gasteiger partial charge in [-0.05, 0) is 52.1 Å². The molecule has 0 saturated heterocycles. The highest BCUT2D eigenvalue weighted by molar-refractivity contribution is 5.00. The van der Waals surface area contributed by atoms with E-state index in [1.54, 1.807) is 0 Å². The Bertz CT molecular complexity index is 319. The molecule has 1 aromatic heterocycles. The summed E-state index contributed by atoms with van der Waals surface area (Å²) in [5.74, 6) is 0.678.